The Bertz CT molecular complexity index is 427. The van der Waals surface area contributed by atoms with E-state index in [1.807, 2.05) is 0 Å². The average Bonchev–Trinajstić information content (AvgIpc) is 2.83. The Labute approximate surface area is 95.1 Å². The summed E-state index contributed by atoms with van der Waals surface area (Å²) in [5.74, 6) is 0. The number of H-pyrrole nitrogens is 1. The predicted octanol–water partition coefficient (Wildman–Crippen LogP) is 0.550. The second kappa shape index (κ2) is 4.57. The van der Waals surface area contributed by atoms with Gasteiger partial charge in [-0.3, -0.25) is 0 Å². The number of hydrogen-bond acceptors (Lipinski definition) is 3. The van der Waals surface area contributed by atoms with E-state index < -0.39 is 10.0 Å². The highest BCUT2D eigenvalue weighted by atomic mass is 32.2. The van der Waals surface area contributed by atoms with Crippen LogP contribution in [0.25, 0.3) is 0 Å². The zero-order valence-corrected chi connectivity index (χ0v) is 9.78. The molecule has 2 N–H and O–H groups in total. The van der Waals surface area contributed by atoms with E-state index in [1.54, 1.807) is 12.3 Å². The number of piperidine rings is 1. The Morgan fingerprint density at radius 2 is 2.31 bits per heavy atom. The van der Waals surface area contributed by atoms with Crippen LogP contribution in [-0.4, -0.2) is 42.0 Å². The third kappa shape index (κ3) is 2.00. The van der Waals surface area contributed by atoms with Crippen LogP contribution in [-0.2, 0) is 10.0 Å². The summed E-state index contributed by atoms with van der Waals surface area (Å²) in [6.07, 6.45) is 5.63. The number of rotatable bonds is 3. The summed E-state index contributed by atoms with van der Waals surface area (Å²) in [5, 5.41) is 9.21. The normalized spacial score (nSPS) is 23.4. The molecule has 0 aliphatic carbocycles. The number of aliphatic hydroxyl groups excluding tert-OH is 1. The molecule has 1 fully saturated rings. The van der Waals surface area contributed by atoms with E-state index in [-0.39, 0.29) is 17.5 Å². The standard InChI is InChI=1S/C10H16N2O3S/c13-8-9-3-1-2-6-12(9)16(14,15)10-4-5-11-7-10/h4-5,7,9,11,13H,1-3,6,8H2. The molecule has 1 aromatic heterocycles. The number of hydrogen-bond donors (Lipinski definition) is 2. The van der Waals surface area contributed by atoms with E-state index in [4.69, 9.17) is 0 Å². The quantitative estimate of drug-likeness (QED) is 0.815. The van der Waals surface area contributed by atoms with Crippen LogP contribution in [0.2, 0.25) is 0 Å². The van der Waals surface area contributed by atoms with Crippen LogP contribution in [0.4, 0.5) is 0 Å². The van der Waals surface area contributed by atoms with Crippen molar-refractivity contribution in [1.29, 1.82) is 0 Å². The fraction of sp³-hybridized carbons (Fsp3) is 0.600. The Kier molecular flexibility index (Phi) is 3.32. The molecule has 90 valence electrons. The smallest absolute Gasteiger partial charge is 0.244 e. The second-order valence-corrected chi connectivity index (χ2v) is 5.89. The molecule has 0 spiro atoms. The van der Waals surface area contributed by atoms with Crippen LogP contribution >= 0.6 is 0 Å². The lowest BCUT2D eigenvalue weighted by molar-refractivity contribution is 0.155. The van der Waals surface area contributed by atoms with E-state index in [9.17, 15) is 13.5 Å². The summed E-state index contributed by atoms with van der Waals surface area (Å²) >= 11 is 0. The summed E-state index contributed by atoms with van der Waals surface area (Å²) in [6, 6.07) is 1.27. The molecule has 1 unspecified atom stereocenters. The molecule has 2 heterocycles. The number of nitrogens with zero attached hydrogens (tertiary/aromatic N) is 1. The van der Waals surface area contributed by atoms with Gasteiger partial charge in [-0.25, -0.2) is 8.42 Å². The molecule has 0 aromatic carbocycles. The third-order valence-corrected chi connectivity index (χ3v) is 4.91. The molecule has 0 amide bonds. The largest absolute Gasteiger partial charge is 0.395 e. The van der Waals surface area contributed by atoms with Gasteiger partial charge in [-0.1, -0.05) is 6.42 Å². The lowest BCUT2D eigenvalue weighted by Crippen LogP contribution is -2.45. The molecule has 6 heteroatoms. The van der Waals surface area contributed by atoms with Crippen molar-refractivity contribution < 1.29 is 13.5 Å². The zero-order valence-electron chi connectivity index (χ0n) is 8.96. The fourth-order valence-corrected chi connectivity index (χ4v) is 3.74. The van der Waals surface area contributed by atoms with E-state index in [0.717, 1.165) is 19.3 Å². The topological polar surface area (TPSA) is 73.4 Å². The predicted molar refractivity (Wildman–Crippen MR) is 59.4 cm³/mol. The summed E-state index contributed by atoms with van der Waals surface area (Å²) < 4.78 is 25.8. The van der Waals surface area contributed by atoms with Crippen molar-refractivity contribution in [3.63, 3.8) is 0 Å². The Hall–Kier alpha value is -0.850. The maximum absolute atomic E-state index is 12.2. The minimum atomic E-state index is -3.44. The van der Waals surface area contributed by atoms with Crippen LogP contribution in [0.3, 0.4) is 0 Å². The molecule has 1 aromatic rings. The van der Waals surface area contributed by atoms with Gasteiger partial charge in [0.25, 0.3) is 0 Å². The second-order valence-electron chi connectivity index (χ2n) is 3.99. The highest BCUT2D eigenvalue weighted by Gasteiger charge is 2.33. The lowest BCUT2D eigenvalue weighted by Gasteiger charge is -2.33. The van der Waals surface area contributed by atoms with Crippen LogP contribution in [0.5, 0.6) is 0 Å². The molecular weight excluding hydrogens is 228 g/mol. The Morgan fingerprint density at radius 3 is 2.94 bits per heavy atom. The SMILES string of the molecule is O=S(=O)(c1cc[nH]c1)N1CCCCC1CO. The maximum atomic E-state index is 12.2. The molecule has 0 saturated carbocycles. The summed E-state index contributed by atoms with van der Waals surface area (Å²) in [7, 11) is -3.44. The van der Waals surface area contributed by atoms with Crippen molar-refractivity contribution in [2.45, 2.75) is 30.2 Å². The van der Waals surface area contributed by atoms with E-state index in [1.165, 1.54) is 10.5 Å². The van der Waals surface area contributed by atoms with E-state index >= 15 is 0 Å². The van der Waals surface area contributed by atoms with Gasteiger partial charge in [0.15, 0.2) is 0 Å². The number of aliphatic hydroxyl groups is 1. The van der Waals surface area contributed by atoms with Gasteiger partial charge in [0.2, 0.25) is 10.0 Å². The molecule has 16 heavy (non-hydrogen) atoms. The van der Waals surface area contributed by atoms with Crippen molar-refractivity contribution in [3.8, 4) is 0 Å². The first-order valence-corrected chi connectivity index (χ1v) is 6.86. The minimum absolute atomic E-state index is 0.107. The van der Waals surface area contributed by atoms with Crippen molar-refractivity contribution in [2.75, 3.05) is 13.2 Å². The van der Waals surface area contributed by atoms with Gasteiger partial charge < -0.3 is 10.1 Å². The van der Waals surface area contributed by atoms with Crippen molar-refractivity contribution in [1.82, 2.24) is 9.29 Å². The highest BCUT2D eigenvalue weighted by molar-refractivity contribution is 7.89. The lowest BCUT2D eigenvalue weighted by atomic mass is 10.1. The third-order valence-electron chi connectivity index (χ3n) is 2.96. The van der Waals surface area contributed by atoms with Crippen LogP contribution < -0.4 is 0 Å². The summed E-state index contributed by atoms with van der Waals surface area (Å²) in [5.41, 5.74) is 0. The first kappa shape index (κ1) is 11.6. The first-order valence-electron chi connectivity index (χ1n) is 5.42. The molecule has 0 radical (unpaired) electrons. The van der Waals surface area contributed by atoms with Gasteiger partial charge in [0.1, 0.15) is 0 Å². The average molecular weight is 244 g/mol. The van der Waals surface area contributed by atoms with Gasteiger partial charge in [-0.15, -0.1) is 0 Å². The maximum Gasteiger partial charge on any atom is 0.244 e. The number of sulfonamides is 1. The van der Waals surface area contributed by atoms with Gasteiger partial charge in [0, 0.05) is 25.0 Å². The van der Waals surface area contributed by atoms with Crippen molar-refractivity contribution in [3.05, 3.63) is 18.5 Å². The molecule has 1 saturated heterocycles. The Balaban J connectivity index is 2.28. The monoisotopic (exact) mass is 244 g/mol. The molecule has 1 aliphatic rings. The van der Waals surface area contributed by atoms with Crippen LogP contribution in [0, 0.1) is 0 Å². The number of aromatic nitrogens is 1. The zero-order chi connectivity index (χ0) is 11.6. The van der Waals surface area contributed by atoms with Gasteiger partial charge >= 0.3 is 0 Å². The van der Waals surface area contributed by atoms with Crippen molar-refractivity contribution >= 4 is 10.0 Å². The van der Waals surface area contributed by atoms with E-state index in [0.29, 0.717) is 6.54 Å². The summed E-state index contributed by atoms with van der Waals surface area (Å²) in [4.78, 5) is 3.01. The molecule has 1 atom stereocenters. The van der Waals surface area contributed by atoms with Gasteiger partial charge in [0.05, 0.1) is 11.5 Å². The number of nitrogens with one attached hydrogen (secondary N) is 1. The molecular formula is C10H16N2O3S. The molecule has 0 bridgehead atoms. The number of aromatic amines is 1. The fourth-order valence-electron chi connectivity index (χ4n) is 2.08. The van der Waals surface area contributed by atoms with Gasteiger partial charge in [-0.05, 0) is 18.9 Å². The van der Waals surface area contributed by atoms with Crippen LogP contribution in [0.15, 0.2) is 23.4 Å². The summed E-state index contributed by atoms with van der Waals surface area (Å²) in [6.45, 7) is 0.391. The Morgan fingerprint density at radius 1 is 1.50 bits per heavy atom. The highest BCUT2D eigenvalue weighted by Crippen LogP contribution is 2.24. The van der Waals surface area contributed by atoms with Crippen LogP contribution in [0.1, 0.15) is 19.3 Å². The van der Waals surface area contributed by atoms with Crippen molar-refractivity contribution in [2.24, 2.45) is 0 Å². The molecule has 1 aliphatic heterocycles. The van der Waals surface area contributed by atoms with Gasteiger partial charge in [-0.2, -0.15) is 4.31 Å². The molecule has 5 nitrogen and oxygen atoms in total. The molecule has 2 rings (SSSR count). The van der Waals surface area contributed by atoms with E-state index in [2.05, 4.69) is 4.98 Å². The minimum Gasteiger partial charge on any atom is -0.395 e. The first-order chi connectivity index (χ1) is 7.66.